The first-order valence-corrected chi connectivity index (χ1v) is 22.3. The van der Waals surface area contributed by atoms with Crippen LogP contribution in [-0.4, -0.2) is 284 Å². The number of aliphatic carboxylic acids is 1. The van der Waals surface area contributed by atoms with Crippen molar-refractivity contribution in [2.24, 2.45) is 5.73 Å². The van der Waals surface area contributed by atoms with Crippen LogP contribution in [0.15, 0.2) is 0 Å². The molecule has 2 unspecified atom stereocenters. The van der Waals surface area contributed by atoms with Crippen LogP contribution in [0.25, 0.3) is 0 Å². The number of nitrogens with two attached hydrogens (primary N) is 1. The summed E-state index contributed by atoms with van der Waals surface area (Å²) in [7, 11) is 0. The van der Waals surface area contributed by atoms with Gasteiger partial charge in [0.05, 0.1) is 64.8 Å². The molecule has 0 aromatic carbocycles. The number of rotatable bonds is 30. The predicted molar refractivity (Wildman–Crippen MR) is 225 cm³/mol. The molecule has 0 radical (unpaired) electrons. The van der Waals surface area contributed by atoms with Gasteiger partial charge in [-0.25, -0.2) is 0 Å². The first-order valence-electron chi connectivity index (χ1n) is 22.3. The molecule has 0 aromatic heterocycles. The van der Waals surface area contributed by atoms with Crippen LogP contribution in [-0.2, 0) is 52.4 Å². The molecule has 3 aliphatic heterocycles. The molecule has 3 fully saturated rings. The highest BCUT2D eigenvalue weighted by atomic mass is 16.7. The summed E-state index contributed by atoms with van der Waals surface area (Å²) in [5.74, 6) is -4.05. The van der Waals surface area contributed by atoms with Crippen LogP contribution in [0.1, 0.15) is 32.1 Å². The van der Waals surface area contributed by atoms with E-state index in [4.69, 9.17) is 39.3 Å². The van der Waals surface area contributed by atoms with E-state index in [1.54, 1.807) is 0 Å². The van der Waals surface area contributed by atoms with Gasteiger partial charge in [-0.1, -0.05) is 0 Å². The average molecular weight is 1010 g/mol. The van der Waals surface area contributed by atoms with E-state index < -0.39 is 167 Å². The molecular formula is C39H70N6O24. The first-order chi connectivity index (χ1) is 32.7. The van der Waals surface area contributed by atoms with Crippen LogP contribution in [0.2, 0.25) is 0 Å². The molecule has 30 heteroatoms. The lowest BCUT2D eigenvalue weighted by Gasteiger charge is -2.39. The summed E-state index contributed by atoms with van der Waals surface area (Å²) in [6, 6.07) is -2.40. The van der Waals surface area contributed by atoms with Crippen molar-refractivity contribution in [1.29, 1.82) is 0 Å². The van der Waals surface area contributed by atoms with Gasteiger partial charge >= 0.3 is 5.97 Å². The molecule has 30 nitrogen and oxygen atoms in total. The van der Waals surface area contributed by atoms with Gasteiger partial charge in [0.15, 0.2) is 18.9 Å². The Morgan fingerprint density at radius 1 is 0.507 bits per heavy atom. The van der Waals surface area contributed by atoms with Crippen LogP contribution >= 0.6 is 0 Å². The number of carboxylic acid groups (broad SMARTS) is 1. The minimum atomic E-state index is -1.74. The Morgan fingerprint density at radius 3 is 1.26 bits per heavy atom. The van der Waals surface area contributed by atoms with E-state index in [-0.39, 0.29) is 78.1 Å². The van der Waals surface area contributed by atoms with Crippen LogP contribution in [0.4, 0.5) is 0 Å². The van der Waals surface area contributed by atoms with E-state index in [0.717, 1.165) is 0 Å². The van der Waals surface area contributed by atoms with Crippen LogP contribution in [0, 0.1) is 0 Å². The van der Waals surface area contributed by atoms with Gasteiger partial charge in [0.2, 0.25) is 23.6 Å². The number of aliphatic hydroxyl groups is 12. The zero-order valence-corrected chi connectivity index (χ0v) is 37.7. The van der Waals surface area contributed by atoms with E-state index in [2.05, 4.69) is 21.3 Å². The van der Waals surface area contributed by atoms with Gasteiger partial charge in [-0.3, -0.25) is 28.9 Å². The molecule has 3 aliphatic rings. The van der Waals surface area contributed by atoms with Crippen LogP contribution in [0.3, 0.4) is 0 Å². The maximum atomic E-state index is 14.0. The fourth-order valence-corrected chi connectivity index (χ4v) is 7.27. The second-order valence-corrected chi connectivity index (χ2v) is 16.4. The molecule has 17 atom stereocenters. The maximum absolute atomic E-state index is 14.0. The number of carbonyl (C=O) groups excluding carboxylic acids is 4. The largest absolute Gasteiger partial charge is 0.481 e. The van der Waals surface area contributed by atoms with Crippen molar-refractivity contribution in [3.05, 3.63) is 0 Å². The number of aliphatic hydroxyl groups excluding tert-OH is 12. The summed E-state index contributed by atoms with van der Waals surface area (Å²) in [5, 5.41) is 139. The molecule has 0 aliphatic carbocycles. The van der Waals surface area contributed by atoms with Crippen molar-refractivity contribution in [2.45, 2.75) is 136 Å². The lowest BCUT2D eigenvalue weighted by molar-refractivity contribution is -0.300. The smallest absolute Gasteiger partial charge is 0.303 e. The number of hydrogen-bond donors (Lipinski definition) is 18. The van der Waals surface area contributed by atoms with Gasteiger partial charge in [0.1, 0.15) is 73.2 Å². The van der Waals surface area contributed by atoms with Crippen molar-refractivity contribution < 1.29 is 119 Å². The minimum Gasteiger partial charge on any atom is -0.481 e. The molecule has 69 heavy (non-hydrogen) atoms. The molecule has 0 spiro atoms. The molecule has 400 valence electrons. The fourth-order valence-electron chi connectivity index (χ4n) is 7.27. The normalized spacial score (nSPS) is 32.5. The quantitative estimate of drug-likeness (QED) is 0.0297. The summed E-state index contributed by atoms with van der Waals surface area (Å²) in [6.45, 7) is -5.24. The average Bonchev–Trinajstić information content (AvgIpc) is 3.32. The number of ether oxygens (including phenoxy) is 6. The predicted octanol–water partition coefficient (Wildman–Crippen LogP) is -11.1. The van der Waals surface area contributed by atoms with Gasteiger partial charge in [0.25, 0.3) is 0 Å². The molecule has 0 bridgehead atoms. The number of carboxylic acids is 1. The van der Waals surface area contributed by atoms with Gasteiger partial charge in [-0.2, -0.15) is 0 Å². The number of carbonyl (C=O) groups is 5. The number of nitrogens with zero attached hydrogens (tertiary/aromatic N) is 1. The van der Waals surface area contributed by atoms with Crippen molar-refractivity contribution >= 4 is 29.6 Å². The third-order valence-corrected chi connectivity index (χ3v) is 11.3. The fraction of sp³-hybridized carbons (Fsp3) is 0.872. The van der Waals surface area contributed by atoms with Gasteiger partial charge in [-0.05, 0) is 25.7 Å². The summed E-state index contributed by atoms with van der Waals surface area (Å²) in [6.07, 6.45) is -23.8. The summed E-state index contributed by atoms with van der Waals surface area (Å²) in [5.41, 5.74) is 5.77. The second-order valence-electron chi connectivity index (χ2n) is 16.4. The van der Waals surface area contributed by atoms with E-state index in [1.807, 2.05) is 0 Å². The van der Waals surface area contributed by atoms with Crippen LogP contribution < -0.4 is 27.0 Å². The monoisotopic (exact) mass is 1010 g/mol. The highest BCUT2D eigenvalue weighted by molar-refractivity contribution is 5.86. The summed E-state index contributed by atoms with van der Waals surface area (Å²) >= 11 is 0. The lowest BCUT2D eigenvalue weighted by atomic mass is 9.99. The van der Waals surface area contributed by atoms with Crippen molar-refractivity contribution in [3.8, 4) is 0 Å². The van der Waals surface area contributed by atoms with Crippen molar-refractivity contribution in [1.82, 2.24) is 26.2 Å². The summed E-state index contributed by atoms with van der Waals surface area (Å²) in [4.78, 5) is 65.3. The second kappa shape index (κ2) is 30.4. The lowest BCUT2D eigenvalue weighted by Crippen LogP contribution is -2.59. The van der Waals surface area contributed by atoms with Crippen LogP contribution in [0.5, 0.6) is 0 Å². The van der Waals surface area contributed by atoms with Gasteiger partial charge in [0, 0.05) is 32.6 Å². The van der Waals surface area contributed by atoms with E-state index in [1.165, 1.54) is 4.90 Å². The zero-order chi connectivity index (χ0) is 51.4. The standard InChI is InChI=1S/C39H70N6O24/c40-18(4-5-25(51)52)35(62)43-6-2-1-3-19(36(63)44-9-12-66-39-34(61)31(58)28(55)22(17-48)69-39)45(13-23(49)41-7-10-64-37-32(59)29(56)26(53)20(15-46)67-37)14-24(50)42-8-11-65-38-33(60)30(57)27(54)21(16-47)68-38/h18-22,26-34,37-39,46-48,53-61H,1-17,40H2,(H,41,49)(H,42,50)(H,43,62)(H,44,63)(H,51,52)/t18?,19?,20-,21-,22-,26-,27-,28-,29+,30+,31+,32+,33+,34+,37+,38+,39+/m1/s1. The molecule has 3 heterocycles. The Morgan fingerprint density at radius 2 is 0.884 bits per heavy atom. The first kappa shape index (κ1) is 59.9. The highest BCUT2D eigenvalue weighted by Crippen LogP contribution is 2.24. The SMILES string of the molecule is NC(CCC(=O)O)C(=O)NCCCCC(C(=O)NCCO[C@H]1O[C@H](CO)[C@@H](O)[C@H](O)[C@@H]1O)N(CC(=O)NCCO[C@H]1O[C@H](CO)[C@@H](O)[C@H](O)[C@@H]1O)CC(=O)NCCO[C@H]1O[C@H](CO)[C@@H](O)[C@H](O)[C@@H]1O. The minimum absolute atomic E-state index is 0.0325. The number of nitrogens with one attached hydrogen (secondary N) is 4. The number of amides is 4. The third kappa shape index (κ3) is 18.6. The Kier molecular flexibility index (Phi) is 26.4. The van der Waals surface area contributed by atoms with Gasteiger partial charge < -0.3 is 122 Å². The van der Waals surface area contributed by atoms with E-state index in [9.17, 15) is 85.3 Å². The van der Waals surface area contributed by atoms with Crippen molar-refractivity contribution in [3.63, 3.8) is 0 Å². The molecule has 4 amide bonds. The molecule has 19 N–H and O–H groups in total. The Bertz CT molecular complexity index is 1510. The Labute approximate surface area is 395 Å². The van der Waals surface area contributed by atoms with Crippen molar-refractivity contribution in [2.75, 3.05) is 78.9 Å². The molecule has 3 saturated heterocycles. The highest BCUT2D eigenvalue weighted by Gasteiger charge is 2.46. The van der Waals surface area contributed by atoms with Gasteiger partial charge in [-0.15, -0.1) is 0 Å². The summed E-state index contributed by atoms with van der Waals surface area (Å²) < 4.78 is 32.2. The molecular weight excluding hydrogens is 936 g/mol. The Hall–Kier alpha value is -3.45. The third-order valence-electron chi connectivity index (χ3n) is 11.3. The molecule has 0 saturated carbocycles. The van der Waals surface area contributed by atoms with E-state index >= 15 is 0 Å². The number of unbranched alkanes of at least 4 members (excludes halogenated alkanes) is 1. The molecule has 0 aromatic rings. The molecule has 3 rings (SSSR count). The Balaban J connectivity index is 1.73. The topological polar surface area (TPSA) is 481 Å². The zero-order valence-electron chi connectivity index (χ0n) is 37.7. The maximum Gasteiger partial charge on any atom is 0.303 e. The van der Waals surface area contributed by atoms with E-state index in [0.29, 0.717) is 0 Å². The number of hydrogen-bond acceptors (Lipinski definition) is 25.